The van der Waals surface area contributed by atoms with Gasteiger partial charge >= 0.3 is 0 Å². The Morgan fingerprint density at radius 1 is 0.593 bits per heavy atom. The van der Waals surface area contributed by atoms with Gasteiger partial charge in [-0.1, -0.05) is 72.8 Å². The first-order chi connectivity index (χ1) is 13.4. The van der Waals surface area contributed by atoms with E-state index in [4.69, 9.17) is 9.40 Å². The third-order valence-corrected chi connectivity index (χ3v) is 5.27. The molecule has 0 saturated carbocycles. The number of aromatic nitrogens is 1. The van der Waals surface area contributed by atoms with E-state index in [1.807, 2.05) is 24.3 Å². The topological polar surface area (TPSA) is 26.0 Å². The van der Waals surface area contributed by atoms with Crippen molar-refractivity contribution in [2.45, 2.75) is 0 Å². The van der Waals surface area contributed by atoms with Gasteiger partial charge in [0.05, 0.1) is 0 Å². The van der Waals surface area contributed by atoms with E-state index < -0.39 is 0 Å². The Labute approximate surface area is 155 Å². The lowest BCUT2D eigenvalue weighted by Crippen LogP contribution is -1.86. The molecule has 2 heteroatoms. The summed E-state index contributed by atoms with van der Waals surface area (Å²) >= 11 is 0. The summed E-state index contributed by atoms with van der Waals surface area (Å²) in [5.41, 5.74) is 2.73. The van der Waals surface area contributed by atoms with E-state index >= 15 is 0 Å². The van der Waals surface area contributed by atoms with E-state index in [0.717, 1.165) is 22.0 Å². The maximum Gasteiger partial charge on any atom is 0.227 e. The number of hydrogen-bond donors (Lipinski definition) is 0. The van der Waals surface area contributed by atoms with Gasteiger partial charge in [-0.05, 0) is 50.5 Å². The van der Waals surface area contributed by atoms with Gasteiger partial charge in [0.15, 0.2) is 5.58 Å². The second-order valence-corrected chi connectivity index (χ2v) is 6.84. The van der Waals surface area contributed by atoms with Crippen LogP contribution in [-0.4, -0.2) is 4.98 Å². The lowest BCUT2D eigenvalue weighted by atomic mass is 9.93. The highest BCUT2D eigenvalue weighted by Crippen LogP contribution is 2.38. The fraction of sp³-hybridized carbons (Fsp3) is 0. The maximum atomic E-state index is 6.09. The zero-order valence-electron chi connectivity index (χ0n) is 14.5. The Kier molecular flexibility index (Phi) is 2.91. The molecule has 27 heavy (non-hydrogen) atoms. The Bertz CT molecular complexity index is 1440. The van der Waals surface area contributed by atoms with Crippen LogP contribution in [-0.2, 0) is 0 Å². The SMILES string of the molecule is c1ccc2c(c1)ccc1cc(-c3nc4ccccc4o3)c3ccccc3c12. The summed E-state index contributed by atoms with van der Waals surface area (Å²) in [5.74, 6) is 0.669. The van der Waals surface area contributed by atoms with E-state index in [0.29, 0.717) is 5.89 Å². The van der Waals surface area contributed by atoms with Gasteiger partial charge in [-0.2, -0.15) is 0 Å². The van der Waals surface area contributed by atoms with Gasteiger partial charge in [0.25, 0.3) is 0 Å². The molecule has 126 valence electrons. The van der Waals surface area contributed by atoms with Crippen LogP contribution in [0.5, 0.6) is 0 Å². The minimum absolute atomic E-state index is 0.669. The molecule has 1 heterocycles. The standard InChI is InChI=1S/C25H15NO/c1-2-8-18-16(7-1)13-14-17-15-21(19-9-3-4-10-20(19)24(17)18)25-26-22-11-5-6-12-23(22)27-25/h1-15H. The van der Waals surface area contributed by atoms with Crippen molar-refractivity contribution in [1.29, 1.82) is 0 Å². The van der Waals surface area contributed by atoms with Crippen LogP contribution in [0.15, 0.2) is 95.4 Å². The monoisotopic (exact) mass is 345 g/mol. The fourth-order valence-electron chi connectivity index (χ4n) is 4.04. The smallest absolute Gasteiger partial charge is 0.227 e. The number of rotatable bonds is 1. The van der Waals surface area contributed by atoms with Crippen molar-refractivity contribution in [2.75, 3.05) is 0 Å². The summed E-state index contributed by atoms with van der Waals surface area (Å²) in [6.45, 7) is 0. The Morgan fingerprint density at radius 3 is 2.19 bits per heavy atom. The molecule has 0 radical (unpaired) electrons. The van der Waals surface area contributed by atoms with E-state index in [2.05, 4.69) is 66.7 Å². The van der Waals surface area contributed by atoms with Gasteiger partial charge < -0.3 is 4.42 Å². The molecule has 0 unspecified atom stereocenters. The Morgan fingerprint density at radius 2 is 1.30 bits per heavy atom. The largest absolute Gasteiger partial charge is 0.436 e. The van der Waals surface area contributed by atoms with Crippen molar-refractivity contribution < 1.29 is 4.42 Å². The summed E-state index contributed by atoms with van der Waals surface area (Å²) in [4.78, 5) is 4.74. The van der Waals surface area contributed by atoms with E-state index in [-0.39, 0.29) is 0 Å². The molecule has 6 aromatic rings. The van der Waals surface area contributed by atoms with Crippen LogP contribution < -0.4 is 0 Å². The molecule has 0 saturated heterocycles. The van der Waals surface area contributed by atoms with Gasteiger partial charge in [-0.25, -0.2) is 4.98 Å². The van der Waals surface area contributed by atoms with Crippen molar-refractivity contribution >= 4 is 43.4 Å². The van der Waals surface area contributed by atoms with Crippen LogP contribution in [0.4, 0.5) is 0 Å². The summed E-state index contributed by atoms with van der Waals surface area (Å²) < 4.78 is 6.09. The summed E-state index contributed by atoms with van der Waals surface area (Å²) in [6.07, 6.45) is 0. The van der Waals surface area contributed by atoms with Crippen molar-refractivity contribution in [3.8, 4) is 11.5 Å². The molecule has 0 aliphatic rings. The minimum atomic E-state index is 0.669. The quantitative estimate of drug-likeness (QED) is 0.301. The van der Waals surface area contributed by atoms with E-state index in [1.54, 1.807) is 0 Å². The fourth-order valence-corrected chi connectivity index (χ4v) is 4.04. The predicted molar refractivity (Wildman–Crippen MR) is 112 cm³/mol. The van der Waals surface area contributed by atoms with Gasteiger partial charge in [-0.3, -0.25) is 0 Å². The third-order valence-electron chi connectivity index (χ3n) is 5.27. The summed E-state index contributed by atoms with van der Waals surface area (Å²) in [6, 6.07) is 31.5. The van der Waals surface area contributed by atoms with Crippen molar-refractivity contribution in [1.82, 2.24) is 4.98 Å². The maximum absolute atomic E-state index is 6.09. The van der Waals surface area contributed by atoms with Crippen LogP contribution in [0.3, 0.4) is 0 Å². The molecule has 1 aromatic heterocycles. The minimum Gasteiger partial charge on any atom is -0.436 e. The Balaban J connectivity index is 1.78. The average molecular weight is 345 g/mol. The number of para-hydroxylation sites is 2. The molecule has 0 N–H and O–H groups in total. The second-order valence-electron chi connectivity index (χ2n) is 6.84. The molecular weight excluding hydrogens is 330 g/mol. The summed E-state index contributed by atoms with van der Waals surface area (Å²) in [5, 5.41) is 7.39. The van der Waals surface area contributed by atoms with Crippen LogP contribution >= 0.6 is 0 Å². The first kappa shape index (κ1) is 14.5. The van der Waals surface area contributed by atoms with Gasteiger partial charge in [-0.15, -0.1) is 0 Å². The molecule has 2 nitrogen and oxygen atoms in total. The normalized spacial score (nSPS) is 11.7. The van der Waals surface area contributed by atoms with Crippen molar-refractivity contribution in [3.05, 3.63) is 91.0 Å². The van der Waals surface area contributed by atoms with Gasteiger partial charge in [0.2, 0.25) is 5.89 Å². The van der Waals surface area contributed by atoms with Gasteiger partial charge in [0.1, 0.15) is 5.52 Å². The zero-order chi connectivity index (χ0) is 17.8. The number of benzene rings is 5. The van der Waals surface area contributed by atoms with Crippen LogP contribution in [0.25, 0.3) is 54.9 Å². The first-order valence-electron chi connectivity index (χ1n) is 9.08. The molecule has 0 bridgehead atoms. The average Bonchev–Trinajstić information content (AvgIpc) is 3.17. The Hall–Kier alpha value is -3.65. The van der Waals surface area contributed by atoms with Crippen LogP contribution in [0.1, 0.15) is 0 Å². The number of hydrogen-bond acceptors (Lipinski definition) is 2. The zero-order valence-corrected chi connectivity index (χ0v) is 14.5. The highest BCUT2D eigenvalue weighted by Gasteiger charge is 2.15. The van der Waals surface area contributed by atoms with Crippen LogP contribution in [0.2, 0.25) is 0 Å². The molecule has 0 aliphatic heterocycles. The highest BCUT2D eigenvalue weighted by molar-refractivity contribution is 6.23. The first-order valence-corrected chi connectivity index (χ1v) is 9.08. The lowest BCUT2D eigenvalue weighted by Gasteiger charge is -2.11. The molecule has 6 rings (SSSR count). The molecule has 0 amide bonds. The molecule has 5 aromatic carbocycles. The summed E-state index contributed by atoms with van der Waals surface area (Å²) in [7, 11) is 0. The molecule has 0 atom stereocenters. The number of oxazole rings is 1. The number of fused-ring (bicyclic) bond motifs is 6. The van der Waals surface area contributed by atoms with Gasteiger partial charge in [0, 0.05) is 5.56 Å². The molecule has 0 aliphatic carbocycles. The lowest BCUT2D eigenvalue weighted by molar-refractivity contribution is 0.620. The van der Waals surface area contributed by atoms with E-state index in [9.17, 15) is 0 Å². The highest BCUT2D eigenvalue weighted by atomic mass is 16.3. The number of nitrogens with zero attached hydrogens (tertiary/aromatic N) is 1. The molecular formula is C25H15NO. The van der Waals surface area contributed by atoms with Crippen molar-refractivity contribution in [2.24, 2.45) is 0 Å². The second kappa shape index (κ2) is 5.42. The van der Waals surface area contributed by atoms with Crippen LogP contribution in [0, 0.1) is 0 Å². The van der Waals surface area contributed by atoms with Crippen molar-refractivity contribution in [3.63, 3.8) is 0 Å². The molecule has 0 spiro atoms. The third kappa shape index (κ3) is 2.10. The molecule has 0 fully saturated rings. The predicted octanol–water partition coefficient (Wildman–Crippen LogP) is 6.95. The van der Waals surface area contributed by atoms with E-state index in [1.165, 1.54) is 26.9 Å².